The lowest BCUT2D eigenvalue weighted by molar-refractivity contribution is 0.183. The van der Waals surface area contributed by atoms with Crippen molar-refractivity contribution >= 4 is 34.0 Å². The van der Waals surface area contributed by atoms with Gasteiger partial charge in [-0.3, -0.25) is 9.80 Å². The lowest BCUT2D eigenvalue weighted by atomic mass is 9.98. The molecule has 0 saturated carbocycles. The number of aromatic hydroxyl groups is 1. The second-order valence-electron chi connectivity index (χ2n) is 17.8. The number of benzene rings is 8. The van der Waals surface area contributed by atoms with Crippen LogP contribution < -0.4 is 23.7 Å². The number of halogens is 5. The molecule has 2 saturated heterocycles. The minimum absolute atomic E-state index is 0. The molecule has 374 valence electrons. The van der Waals surface area contributed by atoms with Crippen molar-refractivity contribution in [1.82, 2.24) is 9.80 Å². The van der Waals surface area contributed by atoms with Gasteiger partial charge in [-0.1, -0.05) is 25.0 Å². The zero-order valence-electron chi connectivity index (χ0n) is 40.1. The van der Waals surface area contributed by atoms with Crippen molar-refractivity contribution in [1.29, 1.82) is 0 Å². The first-order valence-electron chi connectivity index (χ1n) is 24.2. The van der Waals surface area contributed by atoms with Gasteiger partial charge >= 0.3 is 0 Å². The topological polar surface area (TPSA) is 72.9 Å². The molecule has 8 nitrogen and oxygen atoms in total. The third-order valence-electron chi connectivity index (χ3n) is 12.9. The molecule has 10 rings (SSSR count). The number of nitrogens with zero attached hydrogens (tertiary/aromatic N) is 2. The summed E-state index contributed by atoms with van der Waals surface area (Å²) < 4.78 is 87.1. The van der Waals surface area contributed by atoms with E-state index in [2.05, 4.69) is 9.80 Å². The predicted molar refractivity (Wildman–Crippen MR) is 279 cm³/mol. The van der Waals surface area contributed by atoms with E-state index in [9.17, 15) is 22.7 Å². The van der Waals surface area contributed by atoms with Gasteiger partial charge in [0.2, 0.25) is 0 Å². The van der Waals surface area contributed by atoms with Gasteiger partial charge in [-0.05, 0) is 196 Å². The molecule has 13 heteroatoms. The van der Waals surface area contributed by atoms with Gasteiger partial charge < -0.3 is 28.8 Å². The van der Waals surface area contributed by atoms with Crippen molar-refractivity contribution in [2.75, 3.05) is 59.6 Å². The Bertz CT molecular complexity index is 3070. The maximum Gasteiger partial charge on any atom is 0.143 e. The molecule has 0 amide bonds. The van der Waals surface area contributed by atoms with E-state index >= 15 is 0 Å². The summed E-state index contributed by atoms with van der Waals surface area (Å²) in [5.41, 5.74) is 1.13. The summed E-state index contributed by atoms with van der Waals surface area (Å²) in [5, 5.41) is 12.9. The number of ether oxygens (including phenoxy) is 5. The first kappa shape index (κ1) is 51.4. The van der Waals surface area contributed by atoms with Gasteiger partial charge in [-0.15, -0.1) is 12.4 Å². The molecular formula is C59H57ClF4N2O6. The van der Waals surface area contributed by atoms with Crippen LogP contribution in [0, 0.1) is 23.3 Å². The van der Waals surface area contributed by atoms with Crippen molar-refractivity contribution in [3.8, 4) is 68.2 Å². The zero-order chi connectivity index (χ0) is 49.1. The zero-order valence-corrected chi connectivity index (χ0v) is 40.9. The Morgan fingerprint density at radius 3 is 1.31 bits per heavy atom. The van der Waals surface area contributed by atoms with Crippen molar-refractivity contribution in [3.63, 3.8) is 0 Å². The molecule has 0 atom stereocenters. The third kappa shape index (κ3) is 12.9. The molecule has 1 N–H and O–H groups in total. The first-order valence-corrected chi connectivity index (χ1v) is 24.2. The summed E-state index contributed by atoms with van der Waals surface area (Å²) in [6.07, 6.45) is 7.65. The smallest absolute Gasteiger partial charge is 0.143 e. The van der Waals surface area contributed by atoms with Gasteiger partial charge in [-0.25, -0.2) is 17.6 Å². The van der Waals surface area contributed by atoms with Crippen LogP contribution in [0.3, 0.4) is 0 Å². The Morgan fingerprint density at radius 2 is 0.847 bits per heavy atom. The summed E-state index contributed by atoms with van der Waals surface area (Å²) in [4.78, 5) is 4.86. The lowest BCUT2D eigenvalue weighted by Crippen LogP contribution is -2.33. The Morgan fingerprint density at radius 1 is 0.431 bits per heavy atom. The molecule has 2 aliphatic rings. The minimum Gasteiger partial charge on any atom is -0.508 e. The Hall–Kier alpha value is -6.99. The van der Waals surface area contributed by atoms with Gasteiger partial charge in [0.25, 0.3) is 0 Å². The van der Waals surface area contributed by atoms with Crippen LogP contribution in [0.25, 0.3) is 43.8 Å². The van der Waals surface area contributed by atoms with E-state index in [0.29, 0.717) is 58.5 Å². The molecular weight excluding hydrogens is 944 g/mol. The summed E-state index contributed by atoms with van der Waals surface area (Å²) in [5.74, 6) is 2.12. The standard InChI is InChI=1S/C30H29F2NO3.C29H27F2NO3.ClH/c1-34-25-11-13-26-21(19-25)5-12-27(28-20-22(31)6-14-29(28)32)30(26)36-24-9-7-23(8-10-24)35-18-17-33-15-3-2-4-16-33;30-21-5-13-28(31)27(19-21)26-11-4-20-18-22(33)6-12-25(20)29(26)35-24-9-7-23(8-10-24)34-17-16-32-14-2-1-3-15-32;/h5-14,19-20H,2-4,15-18H2,1H3;4-13,18-19,33H,1-3,14-17H2;1H. The summed E-state index contributed by atoms with van der Waals surface area (Å²) in [6.45, 7) is 7.62. The first-order chi connectivity index (χ1) is 34.7. The van der Waals surface area contributed by atoms with Crippen LogP contribution >= 0.6 is 12.4 Å². The van der Waals surface area contributed by atoms with Crippen molar-refractivity contribution in [2.24, 2.45) is 0 Å². The second kappa shape index (κ2) is 24.4. The summed E-state index contributed by atoms with van der Waals surface area (Å²) in [7, 11) is 1.60. The Labute approximate surface area is 423 Å². The van der Waals surface area contributed by atoms with Gasteiger partial charge in [0, 0.05) is 46.1 Å². The van der Waals surface area contributed by atoms with Crippen LogP contribution in [0.1, 0.15) is 38.5 Å². The van der Waals surface area contributed by atoms with E-state index in [-0.39, 0.29) is 29.3 Å². The highest BCUT2D eigenvalue weighted by Crippen LogP contribution is 2.43. The number of hydrogen-bond donors (Lipinski definition) is 1. The van der Waals surface area contributed by atoms with Crippen molar-refractivity contribution in [3.05, 3.63) is 169 Å². The van der Waals surface area contributed by atoms with Crippen molar-refractivity contribution in [2.45, 2.75) is 38.5 Å². The number of phenolic OH excluding ortho intramolecular Hbond substituents is 1. The number of fused-ring (bicyclic) bond motifs is 2. The normalized spacial score (nSPS) is 14.0. The fourth-order valence-electron chi connectivity index (χ4n) is 9.14. The van der Waals surface area contributed by atoms with Gasteiger partial charge in [0.05, 0.1) is 7.11 Å². The molecule has 0 spiro atoms. The van der Waals surface area contributed by atoms with E-state index < -0.39 is 23.3 Å². The molecule has 8 aromatic rings. The fourth-order valence-corrected chi connectivity index (χ4v) is 9.14. The van der Waals surface area contributed by atoms with E-state index in [1.165, 1.54) is 44.6 Å². The van der Waals surface area contributed by atoms with Crippen LogP contribution in [-0.4, -0.2) is 74.5 Å². The van der Waals surface area contributed by atoms with Crippen LogP contribution in [-0.2, 0) is 0 Å². The predicted octanol–water partition coefficient (Wildman–Crippen LogP) is 15.0. The van der Waals surface area contributed by atoms with E-state index in [0.717, 1.165) is 97.3 Å². The number of likely N-dealkylation sites (tertiary alicyclic amines) is 2. The average molecular weight is 1000 g/mol. The Balaban J connectivity index is 0.000000190. The molecule has 2 aliphatic heterocycles. The van der Waals surface area contributed by atoms with Gasteiger partial charge in [0.1, 0.15) is 82.5 Å². The number of hydrogen-bond acceptors (Lipinski definition) is 8. The number of rotatable bonds is 15. The van der Waals surface area contributed by atoms with Crippen LogP contribution in [0.5, 0.6) is 46.0 Å². The SMILES string of the molecule is COc1ccc2c(Oc3ccc(OCCN4CCCCC4)cc3)c(-c3cc(F)ccc3F)ccc2c1.Cl.Oc1ccc2c(Oc3ccc(OCCN4CCCCC4)cc3)c(-c3cc(F)ccc3F)ccc2c1. The largest absolute Gasteiger partial charge is 0.508 e. The minimum atomic E-state index is -0.549. The van der Waals surface area contributed by atoms with Crippen LogP contribution in [0.2, 0.25) is 0 Å². The maximum absolute atomic E-state index is 14.7. The van der Waals surface area contributed by atoms with E-state index in [4.69, 9.17) is 23.7 Å². The van der Waals surface area contributed by atoms with E-state index in [1.807, 2.05) is 60.7 Å². The molecule has 2 fully saturated rings. The number of phenols is 1. The molecule has 8 aromatic carbocycles. The maximum atomic E-state index is 14.7. The third-order valence-corrected chi connectivity index (χ3v) is 12.9. The van der Waals surface area contributed by atoms with Gasteiger partial charge in [-0.2, -0.15) is 0 Å². The van der Waals surface area contributed by atoms with E-state index in [1.54, 1.807) is 55.6 Å². The molecule has 0 unspecified atom stereocenters. The quantitative estimate of drug-likeness (QED) is 0.102. The monoisotopic (exact) mass is 1000 g/mol. The van der Waals surface area contributed by atoms with Gasteiger partial charge in [0.15, 0.2) is 0 Å². The van der Waals surface area contributed by atoms with Crippen molar-refractivity contribution < 1.29 is 46.4 Å². The Kier molecular flexibility index (Phi) is 17.4. The molecule has 72 heavy (non-hydrogen) atoms. The highest BCUT2D eigenvalue weighted by atomic mass is 35.5. The molecule has 0 radical (unpaired) electrons. The summed E-state index contributed by atoms with van der Waals surface area (Å²) in [6, 6.07) is 38.8. The molecule has 2 heterocycles. The van der Waals surface area contributed by atoms with Crippen LogP contribution in [0.4, 0.5) is 17.6 Å². The second-order valence-corrected chi connectivity index (χ2v) is 17.8. The molecule has 0 aromatic heterocycles. The highest BCUT2D eigenvalue weighted by Gasteiger charge is 2.19. The highest BCUT2D eigenvalue weighted by molar-refractivity contribution is 5.97. The lowest BCUT2D eigenvalue weighted by Gasteiger charge is -2.26. The molecule has 0 aliphatic carbocycles. The average Bonchev–Trinajstić information content (AvgIpc) is 3.39. The fraction of sp³-hybridized carbons (Fsp3) is 0.254. The number of piperidine rings is 2. The number of methoxy groups -OCH3 is 1. The molecule has 0 bridgehead atoms. The summed E-state index contributed by atoms with van der Waals surface area (Å²) >= 11 is 0. The van der Waals surface area contributed by atoms with Crippen LogP contribution in [0.15, 0.2) is 146 Å².